The van der Waals surface area contributed by atoms with Crippen LogP contribution in [-0.2, 0) is 14.3 Å². The number of ether oxygens (including phenoxy) is 1. The van der Waals surface area contributed by atoms with Crippen LogP contribution in [0.5, 0.6) is 0 Å². The normalized spacial score (nSPS) is 22.8. The minimum atomic E-state index is -1.04. The van der Waals surface area contributed by atoms with Gasteiger partial charge in [0.25, 0.3) is 0 Å². The number of benzene rings is 1. The van der Waals surface area contributed by atoms with Crippen molar-refractivity contribution in [2.24, 2.45) is 0 Å². The van der Waals surface area contributed by atoms with Gasteiger partial charge in [-0.25, -0.2) is 4.79 Å². The quantitative estimate of drug-likeness (QED) is 0.889. The number of hydrogen-bond donors (Lipinski definition) is 2. The van der Waals surface area contributed by atoms with Crippen molar-refractivity contribution >= 4 is 35.1 Å². The lowest BCUT2D eigenvalue weighted by Crippen LogP contribution is -2.37. The van der Waals surface area contributed by atoms with E-state index < -0.39 is 18.2 Å². The Morgan fingerprint density at radius 3 is 2.57 bits per heavy atom. The summed E-state index contributed by atoms with van der Waals surface area (Å²) in [6.45, 7) is 1.79. The fourth-order valence-corrected chi connectivity index (χ4v) is 2.82. The molecule has 0 radical (unpaired) electrons. The highest BCUT2D eigenvalue weighted by molar-refractivity contribution is 6.35. The van der Waals surface area contributed by atoms with Gasteiger partial charge in [0.1, 0.15) is 6.10 Å². The molecule has 21 heavy (non-hydrogen) atoms. The van der Waals surface area contributed by atoms with E-state index in [4.69, 9.17) is 33.0 Å². The van der Waals surface area contributed by atoms with Gasteiger partial charge in [0, 0.05) is 10.0 Å². The number of carboxylic acids is 1. The van der Waals surface area contributed by atoms with Crippen LogP contribution in [0.25, 0.3) is 0 Å². The van der Waals surface area contributed by atoms with Crippen LogP contribution in [-0.4, -0.2) is 29.2 Å². The second kappa shape index (κ2) is 6.64. The fourth-order valence-electron chi connectivity index (χ4n) is 2.25. The minimum Gasteiger partial charge on any atom is -0.479 e. The van der Waals surface area contributed by atoms with E-state index in [2.05, 4.69) is 5.32 Å². The lowest BCUT2D eigenvalue weighted by Gasteiger charge is -2.18. The molecule has 2 rings (SSSR count). The number of carbonyl (C=O) groups excluding carboxylic acids is 1. The number of aliphatic carboxylic acids is 1. The van der Waals surface area contributed by atoms with Crippen LogP contribution in [0.3, 0.4) is 0 Å². The number of nitrogens with one attached hydrogen (secondary N) is 1. The largest absolute Gasteiger partial charge is 0.479 e. The van der Waals surface area contributed by atoms with Crippen molar-refractivity contribution in [3.8, 4) is 0 Å². The van der Waals surface area contributed by atoms with Crippen LogP contribution in [0.4, 0.5) is 0 Å². The highest BCUT2D eigenvalue weighted by atomic mass is 35.5. The standard InChI is InChI=1S/C14H15Cl2NO4/c1-7(9-3-2-8(15)6-10(9)16)17-13(18)11-4-5-12(21-11)14(19)20/h2-3,6-7,11-12H,4-5H2,1H3,(H,17,18)(H,19,20)/t7-,11-,12+/m0/s1. The molecular formula is C14H15Cl2NO4. The molecule has 1 aliphatic rings. The molecule has 1 aromatic carbocycles. The molecule has 0 spiro atoms. The number of hydrogen-bond acceptors (Lipinski definition) is 3. The second-order valence-corrected chi connectivity index (χ2v) is 5.77. The molecule has 1 heterocycles. The van der Waals surface area contributed by atoms with Gasteiger partial charge in [-0.2, -0.15) is 0 Å². The Morgan fingerprint density at radius 1 is 1.33 bits per heavy atom. The Labute approximate surface area is 132 Å². The summed E-state index contributed by atoms with van der Waals surface area (Å²) in [7, 11) is 0. The average molecular weight is 332 g/mol. The predicted octanol–water partition coefficient (Wildman–Crippen LogP) is 2.80. The van der Waals surface area contributed by atoms with E-state index in [0.29, 0.717) is 22.9 Å². The van der Waals surface area contributed by atoms with Gasteiger partial charge in [0.05, 0.1) is 6.04 Å². The first-order valence-corrected chi connectivity index (χ1v) is 7.27. The smallest absolute Gasteiger partial charge is 0.332 e. The molecule has 0 unspecified atom stereocenters. The van der Waals surface area contributed by atoms with Crippen LogP contribution >= 0.6 is 23.2 Å². The molecule has 7 heteroatoms. The van der Waals surface area contributed by atoms with Gasteiger partial charge in [0.2, 0.25) is 5.91 Å². The highest BCUT2D eigenvalue weighted by Gasteiger charge is 2.35. The van der Waals surface area contributed by atoms with Crippen molar-refractivity contribution in [1.82, 2.24) is 5.32 Å². The molecule has 1 aromatic rings. The number of halogens is 2. The number of carbonyl (C=O) groups is 2. The van der Waals surface area contributed by atoms with E-state index in [0.717, 1.165) is 5.56 Å². The van der Waals surface area contributed by atoms with E-state index in [1.165, 1.54) is 0 Å². The maximum Gasteiger partial charge on any atom is 0.332 e. The zero-order chi connectivity index (χ0) is 15.6. The zero-order valence-corrected chi connectivity index (χ0v) is 12.8. The van der Waals surface area contributed by atoms with Gasteiger partial charge >= 0.3 is 5.97 Å². The molecule has 1 fully saturated rings. The molecule has 0 bridgehead atoms. The van der Waals surface area contributed by atoms with Crippen molar-refractivity contribution in [2.75, 3.05) is 0 Å². The monoisotopic (exact) mass is 331 g/mol. The topological polar surface area (TPSA) is 75.6 Å². The fraction of sp³-hybridized carbons (Fsp3) is 0.429. The molecule has 0 saturated carbocycles. The maximum atomic E-state index is 12.1. The average Bonchev–Trinajstić information content (AvgIpc) is 2.88. The summed E-state index contributed by atoms with van der Waals surface area (Å²) < 4.78 is 5.21. The van der Waals surface area contributed by atoms with Gasteiger partial charge in [-0.15, -0.1) is 0 Å². The number of amides is 1. The second-order valence-electron chi connectivity index (χ2n) is 4.93. The van der Waals surface area contributed by atoms with Crippen LogP contribution in [0.15, 0.2) is 18.2 Å². The zero-order valence-electron chi connectivity index (χ0n) is 11.3. The van der Waals surface area contributed by atoms with E-state index in [1.54, 1.807) is 25.1 Å². The maximum absolute atomic E-state index is 12.1. The van der Waals surface area contributed by atoms with E-state index in [-0.39, 0.29) is 11.9 Å². The van der Waals surface area contributed by atoms with Crippen molar-refractivity contribution in [2.45, 2.75) is 38.0 Å². The molecule has 114 valence electrons. The van der Waals surface area contributed by atoms with Gasteiger partial charge in [0.15, 0.2) is 6.10 Å². The van der Waals surface area contributed by atoms with Crippen LogP contribution < -0.4 is 5.32 Å². The molecule has 0 aromatic heterocycles. The molecule has 1 aliphatic heterocycles. The minimum absolute atomic E-state index is 0.324. The van der Waals surface area contributed by atoms with Gasteiger partial charge in [-0.3, -0.25) is 4.79 Å². The lowest BCUT2D eigenvalue weighted by molar-refractivity contribution is -0.151. The summed E-state index contributed by atoms with van der Waals surface area (Å²) in [5.41, 5.74) is 0.738. The van der Waals surface area contributed by atoms with Gasteiger partial charge in [-0.05, 0) is 37.5 Å². The number of rotatable bonds is 4. The van der Waals surface area contributed by atoms with E-state index in [9.17, 15) is 9.59 Å². The van der Waals surface area contributed by atoms with Gasteiger partial charge in [-0.1, -0.05) is 29.3 Å². The molecule has 2 N–H and O–H groups in total. The summed E-state index contributed by atoms with van der Waals surface area (Å²) in [5, 5.41) is 12.6. The Morgan fingerprint density at radius 2 is 2.00 bits per heavy atom. The van der Waals surface area contributed by atoms with Crippen LogP contribution in [0.1, 0.15) is 31.4 Å². The predicted molar refractivity (Wildman–Crippen MR) is 78.6 cm³/mol. The third-order valence-corrected chi connectivity index (χ3v) is 3.94. The summed E-state index contributed by atoms with van der Waals surface area (Å²) in [5.74, 6) is -1.38. The van der Waals surface area contributed by atoms with Crippen LogP contribution in [0, 0.1) is 0 Å². The number of carboxylic acid groups (broad SMARTS) is 1. The molecule has 1 amide bonds. The molecule has 3 atom stereocenters. The van der Waals surface area contributed by atoms with E-state index in [1.807, 2.05) is 0 Å². The van der Waals surface area contributed by atoms with E-state index >= 15 is 0 Å². The molecule has 0 aliphatic carbocycles. The third-order valence-electron chi connectivity index (χ3n) is 3.38. The van der Waals surface area contributed by atoms with Crippen molar-refractivity contribution < 1.29 is 19.4 Å². The Balaban J connectivity index is 1.98. The van der Waals surface area contributed by atoms with Gasteiger partial charge < -0.3 is 15.2 Å². The van der Waals surface area contributed by atoms with Crippen molar-refractivity contribution in [3.05, 3.63) is 33.8 Å². The molecule has 5 nitrogen and oxygen atoms in total. The summed E-state index contributed by atoms with van der Waals surface area (Å²) in [6, 6.07) is 4.71. The third kappa shape index (κ3) is 3.87. The Hall–Kier alpha value is -1.30. The first-order valence-electron chi connectivity index (χ1n) is 6.52. The molecule has 1 saturated heterocycles. The first kappa shape index (κ1) is 16.1. The summed E-state index contributed by atoms with van der Waals surface area (Å²) >= 11 is 11.9. The summed E-state index contributed by atoms with van der Waals surface area (Å²) in [4.78, 5) is 22.9. The lowest BCUT2D eigenvalue weighted by atomic mass is 10.1. The Bertz CT molecular complexity index is 564. The molecular weight excluding hydrogens is 317 g/mol. The Kier molecular flexibility index (Phi) is 5.08. The summed E-state index contributed by atoms with van der Waals surface area (Å²) in [6.07, 6.45) is -0.914. The van der Waals surface area contributed by atoms with Crippen molar-refractivity contribution in [1.29, 1.82) is 0 Å². The highest BCUT2D eigenvalue weighted by Crippen LogP contribution is 2.27. The van der Waals surface area contributed by atoms with Crippen molar-refractivity contribution in [3.63, 3.8) is 0 Å². The first-order chi connectivity index (χ1) is 9.88. The SMILES string of the molecule is C[C@H](NC(=O)[C@@H]1CC[C@H](C(=O)O)O1)c1ccc(Cl)cc1Cl. The van der Waals surface area contributed by atoms with Crippen LogP contribution in [0.2, 0.25) is 10.0 Å².